The summed E-state index contributed by atoms with van der Waals surface area (Å²) in [4.78, 5) is 29.9. The Kier molecular flexibility index (Phi) is 5.13. The topological polar surface area (TPSA) is 104 Å². The third-order valence-corrected chi connectivity index (χ3v) is 4.21. The summed E-state index contributed by atoms with van der Waals surface area (Å²) in [6.45, 7) is 8.13. The summed E-state index contributed by atoms with van der Waals surface area (Å²) in [5.41, 5.74) is 0.775. The summed E-state index contributed by atoms with van der Waals surface area (Å²) in [7, 11) is 1.55. The molecule has 27 heavy (non-hydrogen) atoms. The Hall–Kier alpha value is -2.94. The Morgan fingerprint density at radius 2 is 2.11 bits per heavy atom. The number of anilines is 1. The highest BCUT2D eigenvalue weighted by atomic mass is 16.5. The molecule has 0 aromatic carbocycles. The molecular weight excluding hydrogens is 350 g/mol. The first kappa shape index (κ1) is 18.8. The molecule has 1 amide bonds. The normalized spacial score (nSPS) is 11.5. The number of nitrogens with zero attached hydrogens (tertiary/aromatic N) is 4. The van der Waals surface area contributed by atoms with E-state index in [1.165, 1.54) is 10.9 Å². The van der Waals surface area contributed by atoms with Gasteiger partial charge >= 0.3 is 0 Å². The van der Waals surface area contributed by atoms with Crippen molar-refractivity contribution in [3.05, 3.63) is 39.8 Å². The number of ether oxygens (including phenoxy) is 1. The van der Waals surface area contributed by atoms with Crippen LogP contribution in [0.25, 0.3) is 11.1 Å². The second kappa shape index (κ2) is 7.36. The highest BCUT2D eigenvalue weighted by Gasteiger charge is 2.24. The van der Waals surface area contributed by atoms with E-state index in [0.29, 0.717) is 24.7 Å². The molecule has 0 aliphatic heterocycles. The molecule has 0 unspecified atom stereocenters. The fourth-order valence-electron chi connectivity index (χ4n) is 2.94. The van der Waals surface area contributed by atoms with Crippen LogP contribution in [0.1, 0.15) is 41.7 Å². The third kappa shape index (κ3) is 3.50. The van der Waals surface area contributed by atoms with Crippen LogP contribution in [0, 0.1) is 13.8 Å². The van der Waals surface area contributed by atoms with E-state index >= 15 is 0 Å². The zero-order chi connectivity index (χ0) is 19.7. The summed E-state index contributed by atoms with van der Waals surface area (Å²) < 4.78 is 13.7. The van der Waals surface area contributed by atoms with Gasteiger partial charge in [-0.3, -0.25) is 14.2 Å². The third-order valence-electron chi connectivity index (χ3n) is 4.21. The number of rotatable bonds is 6. The number of nitrogens with one attached hydrogen (secondary N) is 1. The molecule has 0 atom stereocenters. The van der Waals surface area contributed by atoms with E-state index in [2.05, 4.69) is 15.4 Å². The standard InChI is InChI=1S/C18H23N5O4/c1-10(2)23-13(8-11(3)21-23)20-16(24)14-12(4)27-17-15(14)18(25)22(9-19-17)6-7-26-5/h8-10H,6-7H2,1-5H3,(H,20,24). The Morgan fingerprint density at radius 1 is 1.37 bits per heavy atom. The van der Waals surface area contributed by atoms with Gasteiger partial charge in [-0.15, -0.1) is 0 Å². The lowest BCUT2D eigenvalue weighted by Gasteiger charge is -2.11. The maximum absolute atomic E-state index is 13.0. The van der Waals surface area contributed by atoms with Crippen LogP contribution in [0.3, 0.4) is 0 Å². The number of amides is 1. The lowest BCUT2D eigenvalue weighted by atomic mass is 10.1. The van der Waals surface area contributed by atoms with Gasteiger partial charge in [-0.1, -0.05) is 0 Å². The smallest absolute Gasteiger partial charge is 0.265 e. The van der Waals surface area contributed by atoms with Gasteiger partial charge in [0.2, 0.25) is 5.71 Å². The molecule has 9 nitrogen and oxygen atoms in total. The first-order chi connectivity index (χ1) is 12.8. The molecule has 0 spiro atoms. The highest BCUT2D eigenvalue weighted by Crippen LogP contribution is 2.23. The van der Waals surface area contributed by atoms with Crippen molar-refractivity contribution in [3.8, 4) is 0 Å². The van der Waals surface area contributed by atoms with Crippen LogP contribution in [0.2, 0.25) is 0 Å². The van der Waals surface area contributed by atoms with Crippen molar-refractivity contribution in [3.63, 3.8) is 0 Å². The van der Waals surface area contributed by atoms with Crippen LogP contribution in [-0.2, 0) is 11.3 Å². The molecule has 1 N–H and O–H groups in total. The van der Waals surface area contributed by atoms with Gasteiger partial charge in [0.05, 0.1) is 24.4 Å². The second-order valence-corrected chi connectivity index (χ2v) is 6.61. The van der Waals surface area contributed by atoms with E-state index in [4.69, 9.17) is 9.15 Å². The van der Waals surface area contributed by atoms with Crippen LogP contribution in [0.15, 0.2) is 21.6 Å². The molecule has 3 heterocycles. The number of aromatic nitrogens is 4. The van der Waals surface area contributed by atoms with Crippen molar-refractivity contribution in [2.45, 2.75) is 40.3 Å². The number of methoxy groups -OCH3 is 1. The van der Waals surface area contributed by atoms with E-state index in [9.17, 15) is 9.59 Å². The van der Waals surface area contributed by atoms with Gasteiger partial charge in [0.25, 0.3) is 11.5 Å². The molecule has 0 fully saturated rings. The summed E-state index contributed by atoms with van der Waals surface area (Å²) in [6.07, 6.45) is 1.39. The Labute approximate surface area is 155 Å². The molecule has 0 aliphatic rings. The molecule has 3 rings (SSSR count). The summed E-state index contributed by atoms with van der Waals surface area (Å²) in [5.74, 6) is 0.463. The van der Waals surface area contributed by atoms with E-state index in [1.807, 2.05) is 20.8 Å². The van der Waals surface area contributed by atoms with Gasteiger partial charge in [0, 0.05) is 19.2 Å². The quantitative estimate of drug-likeness (QED) is 0.711. The number of carbonyl (C=O) groups excluding carboxylic acids is 1. The molecular formula is C18H23N5O4. The monoisotopic (exact) mass is 373 g/mol. The average molecular weight is 373 g/mol. The lowest BCUT2D eigenvalue weighted by molar-refractivity contribution is 0.102. The minimum Gasteiger partial charge on any atom is -0.442 e. The molecule has 0 saturated heterocycles. The van der Waals surface area contributed by atoms with E-state index in [-0.39, 0.29) is 28.3 Å². The maximum atomic E-state index is 13.0. The van der Waals surface area contributed by atoms with Crippen molar-refractivity contribution in [1.29, 1.82) is 0 Å². The molecule has 0 radical (unpaired) electrons. The predicted octanol–water partition coefficient (Wildman–Crippen LogP) is 2.28. The Morgan fingerprint density at radius 3 is 2.78 bits per heavy atom. The first-order valence-electron chi connectivity index (χ1n) is 8.68. The number of hydrogen-bond acceptors (Lipinski definition) is 6. The van der Waals surface area contributed by atoms with Crippen LogP contribution in [0.5, 0.6) is 0 Å². The van der Waals surface area contributed by atoms with Crippen LogP contribution >= 0.6 is 0 Å². The zero-order valence-corrected chi connectivity index (χ0v) is 16.1. The van der Waals surface area contributed by atoms with E-state index in [0.717, 1.165) is 5.69 Å². The van der Waals surface area contributed by atoms with Crippen molar-refractivity contribution in [2.75, 3.05) is 19.0 Å². The van der Waals surface area contributed by atoms with Gasteiger partial charge in [-0.05, 0) is 27.7 Å². The highest BCUT2D eigenvalue weighted by molar-refractivity contribution is 6.12. The second-order valence-electron chi connectivity index (χ2n) is 6.61. The Balaban J connectivity index is 2.04. The van der Waals surface area contributed by atoms with Crippen molar-refractivity contribution < 1.29 is 13.9 Å². The van der Waals surface area contributed by atoms with E-state index < -0.39 is 5.91 Å². The van der Waals surface area contributed by atoms with Gasteiger partial charge in [-0.2, -0.15) is 5.10 Å². The minimum atomic E-state index is -0.434. The van der Waals surface area contributed by atoms with Crippen molar-refractivity contribution in [1.82, 2.24) is 19.3 Å². The largest absolute Gasteiger partial charge is 0.442 e. The molecule has 3 aromatic rings. The van der Waals surface area contributed by atoms with Crippen molar-refractivity contribution in [2.24, 2.45) is 0 Å². The molecule has 0 saturated carbocycles. The van der Waals surface area contributed by atoms with E-state index in [1.54, 1.807) is 24.8 Å². The SMILES string of the molecule is COCCn1cnc2oc(C)c(C(=O)Nc3cc(C)nn3C(C)C)c2c1=O. The fraction of sp³-hybridized carbons (Fsp3) is 0.444. The van der Waals surface area contributed by atoms with Gasteiger partial charge in [-0.25, -0.2) is 9.67 Å². The Bertz CT molecular complexity index is 1040. The molecule has 0 aliphatic carbocycles. The molecule has 3 aromatic heterocycles. The zero-order valence-electron chi connectivity index (χ0n) is 16.1. The molecule has 9 heteroatoms. The number of aryl methyl sites for hydroxylation is 2. The first-order valence-corrected chi connectivity index (χ1v) is 8.68. The lowest BCUT2D eigenvalue weighted by Crippen LogP contribution is -2.25. The number of furan rings is 1. The maximum Gasteiger partial charge on any atom is 0.265 e. The average Bonchev–Trinajstić information content (AvgIpc) is 3.14. The summed E-state index contributed by atoms with van der Waals surface area (Å²) in [5, 5.41) is 7.38. The van der Waals surface area contributed by atoms with Crippen LogP contribution in [-0.4, -0.2) is 39.0 Å². The molecule has 0 bridgehead atoms. The predicted molar refractivity (Wildman–Crippen MR) is 100 cm³/mol. The number of hydrogen-bond donors (Lipinski definition) is 1. The van der Waals surface area contributed by atoms with Gasteiger partial charge in [0.15, 0.2) is 0 Å². The van der Waals surface area contributed by atoms with Gasteiger partial charge in [0.1, 0.15) is 23.3 Å². The summed E-state index contributed by atoms with van der Waals surface area (Å²) in [6, 6.07) is 1.86. The van der Waals surface area contributed by atoms with Gasteiger partial charge < -0.3 is 14.5 Å². The minimum absolute atomic E-state index is 0.0733. The van der Waals surface area contributed by atoms with Crippen LogP contribution in [0.4, 0.5) is 5.82 Å². The van der Waals surface area contributed by atoms with Crippen molar-refractivity contribution >= 4 is 22.8 Å². The van der Waals surface area contributed by atoms with Crippen LogP contribution < -0.4 is 10.9 Å². The summed E-state index contributed by atoms with van der Waals surface area (Å²) >= 11 is 0. The molecule has 144 valence electrons. The number of fused-ring (bicyclic) bond motifs is 1. The fourth-order valence-corrected chi connectivity index (χ4v) is 2.94. The number of carbonyl (C=O) groups is 1.